The predicted molar refractivity (Wildman–Crippen MR) is 82.5 cm³/mol. The lowest BCUT2D eigenvalue weighted by atomic mass is 9.82. The molecule has 20 heavy (non-hydrogen) atoms. The van der Waals surface area contributed by atoms with Gasteiger partial charge in [0.15, 0.2) is 0 Å². The molecule has 3 nitrogen and oxygen atoms in total. The molecule has 0 aliphatic heterocycles. The first-order chi connectivity index (χ1) is 9.78. The summed E-state index contributed by atoms with van der Waals surface area (Å²) < 4.78 is 10.8. The van der Waals surface area contributed by atoms with Gasteiger partial charge in [-0.2, -0.15) is 0 Å². The first kappa shape index (κ1) is 15.2. The van der Waals surface area contributed by atoms with Crippen molar-refractivity contribution in [3.63, 3.8) is 0 Å². The van der Waals surface area contributed by atoms with Crippen molar-refractivity contribution in [2.24, 2.45) is 11.8 Å². The van der Waals surface area contributed by atoms with Gasteiger partial charge in [0.1, 0.15) is 18.1 Å². The van der Waals surface area contributed by atoms with Crippen LogP contribution in [-0.2, 0) is 0 Å². The van der Waals surface area contributed by atoms with Crippen LogP contribution < -0.4 is 14.8 Å². The molecule has 2 unspecified atom stereocenters. The largest absolute Gasteiger partial charge is 0.497 e. The summed E-state index contributed by atoms with van der Waals surface area (Å²) in [6.07, 6.45) is 5.58. The minimum Gasteiger partial charge on any atom is -0.497 e. The molecule has 1 aliphatic rings. The Bertz CT molecular complexity index is 377. The molecule has 1 aromatic rings. The van der Waals surface area contributed by atoms with Crippen molar-refractivity contribution in [1.29, 1.82) is 0 Å². The smallest absolute Gasteiger partial charge is 0.119 e. The zero-order valence-electron chi connectivity index (χ0n) is 12.7. The van der Waals surface area contributed by atoms with Crippen LogP contribution in [0.15, 0.2) is 24.3 Å². The van der Waals surface area contributed by atoms with Crippen LogP contribution in [0.4, 0.5) is 0 Å². The maximum atomic E-state index is 5.70. The topological polar surface area (TPSA) is 30.5 Å². The van der Waals surface area contributed by atoms with Crippen LogP contribution in [0.5, 0.6) is 11.5 Å². The van der Waals surface area contributed by atoms with E-state index < -0.39 is 0 Å². The van der Waals surface area contributed by atoms with Gasteiger partial charge in [0.2, 0.25) is 0 Å². The summed E-state index contributed by atoms with van der Waals surface area (Å²) in [7, 11) is 1.67. The van der Waals surface area contributed by atoms with Gasteiger partial charge in [-0.05, 0) is 55.5 Å². The first-order valence-corrected chi connectivity index (χ1v) is 7.75. The molecule has 1 N–H and O–H groups in total. The highest BCUT2D eigenvalue weighted by Gasteiger charge is 2.17. The van der Waals surface area contributed by atoms with Gasteiger partial charge in [0, 0.05) is 6.54 Å². The van der Waals surface area contributed by atoms with E-state index in [1.165, 1.54) is 25.7 Å². The normalized spacial score (nSPS) is 22.5. The molecule has 0 bridgehead atoms. The zero-order valence-corrected chi connectivity index (χ0v) is 12.7. The highest BCUT2D eigenvalue weighted by atomic mass is 16.5. The summed E-state index contributed by atoms with van der Waals surface area (Å²) in [5.41, 5.74) is 0. The molecular formula is C17H27NO2. The monoisotopic (exact) mass is 277 g/mol. The molecule has 0 radical (unpaired) electrons. The van der Waals surface area contributed by atoms with Gasteiger partial charge in [0.05, 0.1) is 7.11 Å². The third-order valence-corrected chi connectivity index (χ3v) is 4.09. The molecule has 2 rings (SSSR count). The van der Waals surface area contributed by atoms with Crippen LogP contribution in [0, 0.1) is 11.8 Å². The summed E-state index contributed by atoms with van der Waals surface area (Å²) in [5.74, 6) is 3.53. The molecule has 0 saturated heterocycles. The summed E-state index contributed by atoms with van der Waals surface area (Å²) in [6.45, 7) is 5.14. The lowest BCUT2D eigenvalue weighted by Crippen LogP contribution is -2.29. The highest BCUT2D eigenvalue weighted by Crippen LogP contribution is 2.27. The molecule has 1 aromatic carbocycles. The van der Waals surface area contributed by atoms with Crippen LogP contribution in [0.1, 0.15) is 32.6 Å². The summed E-state index contributed by atoms with van der Waals surface area (Å²) in [4.78, 5) is 0. The van der Waals surface area contributed by atoms with Crippen molar-refractivity contribution in [3.8, 4) is 11.5 Å². The number of rotatable bonds is 7. The van der Waals surface area contributed by atoms with Gasteiger partial charge < -0.3 is 14.8 Å². The number of hydrogen-bond donors (Lipinski definition) is 1. The lowest BCUT2D eigenvalue weighted by Gasteiger charge is -2.26. The fraction of sp³-hybridized carbons (Fsp3) is 0.647. The number of ether oxygens (including phenoxy) is 2. The molecule has 0 amide bonds. The molecule has 0 aromatic heterocycles. The molecule has 1 fully saturated rings. The van der Waals surface area contributed by atoms with Gasteiger partial charge in [-0.3, -0.25) is 0 Å². The Morgan fingerprint density at radius 3 is 2.60 bits per heavy atom. The van der Waals surface area contributed by atoms with E-state index in [0.717, 1.165) is 36.4 Å². The van der Waals surface area contributed by atoms with E-state index in [1.54, 1.807) is 7.11 Å². The van der Waals surface area contributed by atoms with Gasteiger partial charge >= 0.3 is 0 Å². The van der Waals surface area contributed by atoms with Gasteiger partial charge in [-0.25, -0.2) is 0 Å². The molecule has 1 aliphatic carbocycles. The second kappa shape index (κ2) is 8.15. The predicted octanol–water partition coefficient (Wildman–Crippen LogP) is 3.49. The molecule has 0 heterocycles. The Hall–Kier alpha value is -1.22. The third-order valence-electron chi connectivity index (χ3n) is 4.09. The standard InChI is InChI=1S/C17H27NO2/c1-14-4-3-5-15(12-14)13-18-10-11-20-17-8-6-16(19-2)7-9-17/h6-9,14-15,18H,3-5,10-13H2,1-2H3. The van der Waals surface area contributed by atoms with Gasteiger partial charge in [-0.15, -0.1) is 0 Å². The molecule has 3 heteroatoms. The van der Waals surface area contributed by atoms with Crippen molar-refractivity contribution >= 4 is 0 Å². The van der Waals surface area contributed by atoms with E-state index in [2.05, 4.69) is 12.2 Å². The van der Waals surface area contributed by atoms with Crippen molar-refractivity contribution in [2.75, 3.05) is 26.8 Å². The van der Waals surface area contributed by atoms with Crippen molar-refractivity contribution in [1.82, 2.24) is 5.32 Å². The van der Waals surface area contributed by atoms with Crippen LogP contribution in [0.3, 0.4) is 0 Å². The minimum atomic E-state index is 0.717. The Kier molecular flexibility index (Phi) is 6.19. The molecule has 0 spiro atoms. The first-order valence-electron chi connectivity index (χ1n) is 7.75. The number of benzene rings is 1. The van der Waals surface area contributed by atoms with Gasteiger partial charge in [0.25, 0.3) is 0 Å². The fourth-order valence-electron chi connectivity index (χ4n) is 2.96. The summed E-state index contributed by atoms with van der Waals surface area (Å²) in [5, 5.41) is 3.52. The lowest BCUT2D eigenvalue weighted by molar-refractivity contribution is 0.262. The Morgan fingerprint density at radius 2 is 1.90 bits per heavy atom. The SMILES string of the molecule is COc1ccc(OCCNCC2CCCC(C)C2)cc1. The van der Waals surface area contributed by atoms with Crippen molar-refractivity contribution < 1.29 is 9.47 Å². The second-order valence-corrected chi connectivity index (χ2v) is 5.87. The van der Waals surface area contributed by atoms with Crippen LogP contribution in [0.25, 0.3) is 0 Å². The van der Waals surface area contributed by atoms with E-state index in [0.29, 0.717) is 6.61 Å². The average Bonchev–Trinajstić information content (AvgIpc) is 2.48. The van der Waals surface area contributed by atoms with E-state index in [4.69, 9.17) is 9.47 Å². The zero-order chi connectivity index (χ0) is 14.2. The summed E-state index contributed by atoms with van der Waals surface area (Å²) in [6, 6.07) is 7.74. The Balaban J connectivity index is 1.56. The molecule has 2 atom stereocenters. The van der Waals surface area contributed by atoms with Crippen molar-refractivity contribution in [2.45, 2.75) is 32.6 Å². The molecule has 112 valence electrons. The van der Waals surface area contributed by atoms with E-state index in [1.807, 2.05) is 24.3 Å². The molecular weight excluding hydrogens is 250 g/mol. The average molecular weight is 277 g/mol. The number of methoxy groups -OCH3 is 1. The molecule has 1 saturated carbocycles. The van der Waals surface area contributed by atoms with E-state index in [9.17, 15) is 0 Å². The van der Waals surface area contributed by atoms with Crippen molar-refractivity contribution in [3.05, 3.63) is 24.3 Å². The third kappa shape index (κ3) is 5.04. The maximum Gasteiger partial charge on any atom is 0.119 e. The van der Waals surface area contributed by atoms with Crippen LogP contribution in [-0.4, -0.2) is 26.8 Å². The summed E-state index contributed by atoms with van der Waals surface area (Å²) >= 11 is 0. The highest BCUT2D eigenvalue weighted by molar-refractivity contribution is 5.31. The minimum absolute atomic E-state index is 0.717. The van der Waals surface area contributed by atoms with E-state index in [-0.39, 0.29) is 0 Å². The van der Waals surface area contributed by atoms with Gasteiger partial charge in [-0.1, -0.05) is 19.8 Å². The van der Waals surface area contributed by atoms with Crippen LogP contribution >= 0.6 is 0 Å². The quantitative estimate of drug-likeness (QED) is 0.774. The van der Waals surface area contributed by atoms with Crippen LogP contribution in [0.2, 0.25) is 0 Å². The second-order valence-electron chi connectivity index (χ2n) is 5.87. The number of nitrogens with one attached hydrogen (secondary N) is 1. The number of hydrogen-bond acceptors (Lipinski definition) is 3. The Morgan fingerprint density at radius 1 is 1.15 bits per heavy atom. The maximum absolute atomic E-state index is 5.70. The Labute approximate surface area is 122 Å². The van der Waals surface area contributed by atoms with E-state index >= 15 is 0 Å². The fourth-order valence-corrected chi connectivity index (χ4v) is 2.96.